The zero-order valence-corrected chi connectivity index (χ0v) is 14.0. The summed E-state index contributed by atoms with van der Waals surface area (Å²) in [6.45, 7) is 5.97. The zero-order chi connectivity index (χ0) is 16.1. The largest absolute Gasteiger partial charge is 0.465 e. The lowest BCUT2D eigenvalue weighted by atomic mass is 9.97. The van der Waals surface area contributed by atoms with Gasteiger partial charge in [-0.05, 0) is 50.7 Å². The maximum absolute atomic E-state index is 11.8. The van der Waals surface area contributed by atoms with Gasteiger partial charge in [0.05, 0.1) is 13.2 Å². The molecule has 2 heterocycles. The maximum atomic E-state index is 11.8. The van der Waals surface area contributed by atoms with Gasteiger partial charge in [0.2, 0.25) is 0 Å². The van der Waals surface area contributed by atoms with Gasteiger partial charge in [-0.3, -0.25) is 14.7 Å². The van der Waals surface area contributed by atoms with Gasteiger partial charge >= 0.3 is 5.97 Å². The van der Waals surface area contributed by atoms with Crippen LogP contribution in [0.4, 0.5) is 5.69 Å². The van der Waals surface area contributed by atoms with Gasteiger partial charge in [0, 0.05) is 43.8 Å². The molecule has 126 valence electrons. The van der Waals surface area contributed by atoms with Crippen LogP contribution in [-0.2, 0) is 9.53 Å². The number of nitrogens with zero attached hydrogens (tertiary/aromatic N) is 3. The van der Waals surface area contributed by atoms with E-state index in [4.69, 9.17) is 4.74 Å². The lowest BCUT2D eigenvalue weighted by Crippen LogP contribution is -2.43. The number of piperidine rings is 1. The highest BCUT2D eigenvalue weighted by Gasteiger charge is 2.33. The van der Waals surface area contributed by atoms with Crippen LogP contribution in [0.15, 0.2) is 24.5 Å². The summed E-state index contributed by atoms with van der Waals surface area (Å²) < 4.78 is 5.13. The third-order valence-corrected chi connectivity index (χ3v) is 4.74. The summed E-state index contributed by atoms with van der Waals surface area (Å²) in [5, 5.41) is 0. The standard InChI is InChI=1S/C18H27N3O2/c1-2-23-18(22)14-21(16-5-6-16)13-15-4-3-11-20(12-15)17-7-9-19-10-8-17/h7-10,15-16H,2-6,11-14H2,1H3/t15-/m1/s1. The van der Waals surface area contributed by atoms with Crippen LogP contribution < -0.4 is 4.90 Å². The summed E-state index contributed by atoms with van der Waals surface area (Å²) in [5.74, 6) is 0.535. The van der Waals surface area contributed by atoms with E-state index >= 15 is 0 Å². The Morgan fingerprint density at radius 1 is 1.35 bits per heavy atom. The predicted molar refractivity (Wildman–Crippen MR) is 90.4 cm³/mol. The molecule has 1 aromatic heterocycles. The van der Waals surface area contributed by atoms with Crippen molar-refractivity contribution >= 4 is 11.7 Å². The lowest BCUT2D eigenvalue weighted by molar-refractivity contribution is -0.144. The Balaban J connectivity index is 1.56. The summed E-state index contributed by atoms with van der Waals surface area (Å²) in [7, 11) is 0. The molecule has 1 atom stereocenters. The van der Waals surface area contributed by atoms with Crippen molar-refractivity contribution in [3.8, 4) is 0 Å². The van der Waals surface area contributed by atoms with Crippen molar-refractivity contribution in [3.05, 3.63) is 24.5 Å². The van der Waals surface area contributed by atoms with Crippen LogP contribution in [0.1, 0.15) is 32.6 Å². The molecule has 2 fully saturated rings. The van der Waals surface area contributed by atoms with Crippen LogP contribution in [0.3, 0.4) is 0 Å². The van der Waals surface area contributed by atoms with Gasteiger partial charge in [0.1, 0.15) is 0 Å². The van der Waals surface area contributed by atoms with Gasteiger partial charge in [0.25, 0.3) is 0 Å². The highest BCUT2D eigenvalue weighted by Crippen LogP contribution is 2.30. The van der Waals surface area contributed by atoms with E-state index in [1.807, 2.05) is 19.3 Å². The lowest BCUT2D eigenvalue weighted by Gasteiger charge is -2.36. The van der Waals surface area contributed by atoms with Crippen molar-refractivity contribution in [2.75, 3.05) is 37.7 Å². The number of anilines is 1. The van der Waals surface area contributed by atoms with Gasteiger partial charge < -0.3 is 9.64 Å². The Morgan fingerprint density at radius 3 is 2.83 bits per heavy atom. The van der Waals surface area contributed by atoms with Crippen molar-refractivity contribution in [2.45, 2.75) is 38.6 Å². The number of carbonyl (C=O) groups is 1. The molecule has 1 aliphatic carbocycles. The van der Waals surface area contributed by atoms with E-state index in [9.17, 15) is 4.79 Å². The Hall–Kier alpha value is -1.62. The molecule has 0 aromatic carbocycles. The Labute approximate surface area is 138 Å². The molecular weight excluding hydrogens is 290 g/mol. The number of esters is 1. The second-order valence-electron chi connectivity index (χ2n) is 6.63. The number of ether oxygens (including phenoxy) is 1. The third kappa shape index (κ3) is 4.67. The number of hydrogen-bond donors (Lipinski definition) is 0. The van der Waals surface area contributed by atoms with Crippen LogP contribution >= 0.6 is 0 Å². The quantitative estimate of drug-likeness (QED) is 0.722. The highest BCUT2D eigenvalue weighted by atomic mass is 16.5. The first kappa shape index (κ1) is 16.2. The summed E-state index contributed by atoms with van der Waals surface area (Å²) >= 11 is 0. The van der Waals surface area contributed by atoms with Gasteiger partial charge in [-0.1, -0.05) is 0 Å². The van der Waals surface area contributed by atoms with Crippen molar-refractivity contribution in [3.63, 3.8) is 0 Å². The van der Waals surface area contributed by atoms with Crippen LogP contribution in [0.5, 0.6) is 0 Å². The molecular formula is C18H27N3O2. The van der Waals surface area contributed by atoms with Crippen LogP contribution in [0.25, 0.3) is 0 Å². The fraction of sp³-hybridized carbons (Fsp3) is 0.667. The van der Waals surface area contributed by atoms with E-state index in [1.165, 1.54) is 31.4 Å². The Bertz CT molecular complexity index is 504. The minimum Gasteiger partial charge on any atom is -0.465 e. The minimum atomic E-state index is -0.0822. The minimum absolute atomic E-state index is 0.0822. The smallest absolute Gasteiger partial charge is 0.320 e. The van der Waals surface area contributed by atoms with Crippen molar-refractivity contribution < 1.29 is 9.53 Å². The second kappa shape index (κ2) is 7.77. The summed E-state index contributed by atoms with van der Waals surface area (Å²) in [5.41, 5.74) is 1.26. The zero-order valence-electron chi connectivity index (χ0n) is 14.0. The highest BCUT2D eigenvalue weighted by molar-refractivity contribution is 5.71. The second-order valence-corrected chi connectivity index (χ2v) is 6.63. The molecule has 0 N–H and O–H groups in total. The monoisotopic (exact) mass is 317 g/mol. The van der Waals surface area contributed by atoms with Crippen molar-refractivity contribution in [1.29, 1.82) is 0 Å². The van der Waals surface area contributed by atoms with Crippen LogP contribution in [-0.4, -0.2) is 54.7 Å². The molecule has 0 radical (unpaired) electrons. The van der Waals surface area contributed by atoms with Gasteiger partial charge in [-0.25, -0.2) is 0 Å². The molecule has 2 aliphatic rings. The van der Waals surface area contributed by atoms with E-state index in [-0.39, 0.29) is 5.97 Å². The van der Waals surface area contributed by atoms with Gasteiger partial charge in [0.15, 0.2) is 0 Å². The molecule has 23 heavy (non-hydrogen) atoms. The first-order valence-electron chi connectivity index (χ1n) is 8.81. The molecule has 0 bridgehead atoms. The number of carbonyl (C=O) groups excluding carboxylic acids is 1. The van der Waals surface area contributed by atoms with Crippen molar-refractivity contribution in [2.24, 2.45) is 5.92 Å². The molecule has 1 aliphatic heterocycles. The Morgan fingerprint density at radius 2 is 2.13 bits per heavy atom. The van der Waals surface area contributed by atoms with Crippen LogP contribution in [0, 0.1) is 5.92 Å². The SMILES string of the molecule is CCOC(=O)CN(C[C@@H]1CCCN(c2ccncc2)C1)C1CC1. The number of aromatic nitrogens is 1. The first-order valence-corrected chi connectivity index (χ1v) is 8.81. The fourth-order valence-electron chi connectivity index (χ4n) is 3.49. The molecule has 1 saturated heterocycles. The number of hydrogen-bond acceptors (Lipinski definition) is 5. The summed E-state index contributed by atoms with van der Waals surface area (Å²) in [6, 6.07) is 4.76. The third-order valence-electron chi connectivity index (χ3n) is 4.74. The summed E-state index contributed by atoms with van der Waals surface area (Å²) in [6.07, 6.45) is 8.62. The average molecular weight is 317 g/mol. The predicted octanol–water partition coefficient (Wildman–Crippen LogP) is 2.33. The van der Waals surface area contributed by atoms with Crippen molar-refractivity contribution in [1.82, 2.24) is 9.88 Å². The van der Waals surface area contributed by atoms with Gasteiger partial charge in [-0.2, -0.15) is 0 Å². The van der Waals surface area contributed by atoms with E-state index in [1.54, 1.807) is 0 Å². The average Bonchev–Trinajstić information content (AvgIpc) is 3.41. The molecule has 5 nitrogen and oxygen atoms in total. The molecule has 0 amide bonds. The van der Waals surface area contributed by atoms with Crippen LogP contribution in [0.2, 0.25) is 0 Å². The fourth-order valence-corrected chi connectivity index (χ4v) is 3.49. The maximum Gasteiger partial charge on any atom is 0.320 e. The molecule has 5 heteroatoms. The van der Waals surface area contributed by atoms with E-state index in [2.05, 4.69) is 26.9 Å². The molecule has 0 unspecified atom stereocenters. The molecule has 1 aromatic rings. The number of pyridine rings is 1. The normalized spacial score (nSPS) is 21.5. The van der Waals surface area contributed by atoms with E-state index < -0.39 is 0 Å². The molecule has 3 rings (SSSR count). The number of rotatable bonds is 7. The van der Waals surface area contributed by atoms with Gasteiger partial charge in [-0.15, -0.1) is 0 Å². The summed E-state index contributed by atoms with van der Waals surface area (Å²) in [4.78, 5) is 20.7. The molecule has 0 spiro atoms. The van der Waals surface area contributed by atoms with E-state index in [0.717, 1.165) is 19.6 Å². The first-order chi connectivity index (χ1) is 11.3. The molecule has 1 saturated carbocycles. The Kier molecular flexibility index (Phi) is 5.49. The topological polar surface area (TPSA) is 45.7 Å². The van der Waals surface area contributed by atoms with E-state index in [0.29, 0.717) is 25.1 Å².